The van der Waals surface area contributed by atoms with Crippen LogP contribution in [0.2, 0.25) is 0 Å². The Balaban J connectivity index is 2.60. The molecular formula is C8H9N3O2. The van der Waals surface area contributed by atoms with Gasteiger partial charge < -0.3 is 10.8 Å². The summed E-state index contributed by atoms with van der Waals surface area (Å²) in [6.07, 6.45) is 1.42. The van der Waals surface area contributed by atoms with Gasteiger partial charge in [-0.15, -0.1) is 0 Å². The summed E-state index contributed by atoms with van der Waals surface area (Å²) in [5.41, 5.74) is 7.47. The normalized spacial score (nSPS) is 14.4. The van der Waals surface area contributed by atoms with E-state index < -0.39 is 0 Å². The van der Waals surface area contributed by atoms with Crippen molar-refractivity contribution >= 4 is 11.9 Å². The van der Waals surface area contributed by atoms with Crippen LogP contribution in [0.3, 0.4) is 0 Å². The molecule has 0 atom stereocenters. The molecule has 0 radical (unpaired) electrons. The fourth-order valence-electron chi connectivity index (χ4n) is 1.30. The van der Waals surface area contributed by atoms with Crippen molar-refractivity contribution in [2.24, 2.45) is 5.10 Å². The van der Waals surface area contributed by atoms with E-state index in [9.17, 15) is 5.11 Å². The Morgan fingerprint density at radius 3 is 3.00 bits per heavy atom. The minimum absolute atomic E-state index is 0.120. The number of anilines is 1. The lowest BCUT2D eigenvalue weighted by Gasteiger charge is -2.19. The van der Waals surface area contributed by atoms with Crippen molar-refractivity contribution < 1.29 is 10.3 Å². The first-order valence-corrected chi connectivity index (χ1v) is 3.79. The Labute approximate surface area is 74.7 Å². The van der Waals surface area contributed by atoms with Crippen LogP contribution in [0.1, 0.15) is 11.1 Å². The molecule has 1 aromatic carbocycles. The Kier molecular flexibility index (Phi) is 1.60. The van der Waals surface area contributed by atoms with Gasteiger partial charge >= 0.3 is 0 Å². The number of hydrazone groups is 1. The van der Waals surface area contributed by atoms with Crippen LogP contribution in [0.5, 0.6) is 5.75 Å². The van der Waals surface area contributed by atoms with Gasteiger partial charge in [0.1, 0.15) is 5.75 Å². The molecule has 68 valence electrons. The van der Waals surface area contributed by atoms with Gasteiger partial charge in [0, 0.05) is 16.8 Å². The third-order valence-corrected chi connectivity index (χ3v) is 1.99. The number of phenolic OH excluding ortho intramolecular Hbond substituents is 1. The van der Waals surface area contributed by atoms with E-state index in [-0.39, 0.29) is 12.3 Å². The van der Waals surface area contributed by atoms with E-state index in [1.807, 2.05) is 0 Å². The highest BCUT2D eigenvalue weighted by Crippen LogP contribution is 2.28. The van der Waals surface area contributed by atoms with E-state index >= 15 is 0 Å². The first kappa shape index (κ1) is 7.88. The predicted molar refractivity (Wildman–Crippen MR) is 47.4 cm³/mol. The number of aromatic hydroxyl groups is 1. The van der Waals surface area contributed by atoms with Crippen LogP contribution in [0, 0.1) is 0 Å². The van der Waals surface area contributed by atoms with Gasteiger partial charge in [-0.3, -0.25) is 5.21 Å². The summed E-state index contributed by atoms with van der Waals surface area (Å²) in [5, 5.41) is 22.9. The lowest BCUT2D eigenvalue weighted by molar-refractivity contribution is -0.0994. The second-order valence-electron chi connectivity index (χ2n) is 2.84. The molecule has 0 fully saturated rings. The van der Waals surface area contributed by atoms with Crippen LogP contribution in [0.4, 0.5) is 5.69 Å². The van der Waals surface area contributed by atoms with E-state index in [2.05, 4.69) is 5.10 Å². The van der Waals surface area contributed by atoms with Crippen molar-refractivity contribution in [1.29, 1.82) is 0 Å². The summed E-state index contributed by atoms with van der Waals surface area (Å²) in [6, 6.07) is 3.11. The summed E-state index contributed by atoms with van der Waals surface area (Å²) in [4.78, 5) is 0. The van der Waals surface area contributed by atoms with Gasteiger partial charge in [0.2, 0.25) is 0 Å². The number of hydrogen-bond donors (Lipinski definition) is 3. The summed E-state index contributed by atoms with van der Waals surface area (Å²) in [5.74, 6) is 0.120. The van der Waals surface area contributed by atoms with Gasteiger partial charge in [0.25, 0.3) is 0 Å². The minimum atomic E-state index is 0.120. The van der Waals surface area contributed by atoms with E-state index in [0.717, 1.165) is 5.17 Å². The number of benzene rings is 1. The van der Waals surface area contributed by atoms with Crippen molar-refractivity contribution in [1.82, 2.24) is 5.17 Å². The van der Waals surface area contributed by atoms with Gasteiger partial charge in [-0.25, -0.2) is 0 Å². The lowest BCUT2D eigenvalue weighted by atomic mass is 10.0. The van der Waals surface area contributed by atoms with Crippen molar-refractivity contribution in [3.63, 3.8) is 0 Å². The highest BCUT2D eigenvalue weighted by molar-refractivity contribution is 5.90. The number of fused-ring (bicyclic) bond motifs is 1. The number of nitrogens with zero attached hydrogens (tertiary/aromatic N) is 2. The summed E-state index contributed by atoms with van der Waals surface area (Å²) < 4.78 is 0. The molecule has 0 aliphatic carbocycles. The number of nitrogens with two attached hydrogens (primary N) is 1. The Morgan fingerprint density at radius 2 is 2.23 bits per heavy atom. The maximum absolute atomic E-state index is 9.44. The first-order chi connectivity index (χ1) is 6.18. The summed E-state index contributed by atoms with van der Waals surface area (Å²) >= 11 is 0. The van der Waals surface area contributed by atoms with Crippen molar-refractivity contribution in [3.05, 3.63) is 23.3 Å². The van der Waals surface area contributed by atoms with Crippen molar-refractivity contribution in [3.8, 4) is 5.75 Å². The molecular weight excluding hydrogens is 170 g/mol. The molecule has 5 nitrogen and oxygen atoms in total. The highest BCUT2D eigenvalue weighted by atomic mass is 16.5. The summed E-state index contributed by atoms with van der Waals surface area (Å²) in [7, 11) is 0. The number of hydrogen-bond acceptors (Lipinski definition) is 5. The number of phenols is 1. The maximum atomic E-state index is 9.44. The number of nitrogen functional groups attached to an aromatic ring is 1. The van der Waals surface area contributed by atoms with Gasteiger partial charge in [-0.1, -0.05) is 0 Å². The quantitative estimate of drug-likeness (QED) is 0.400. The molecule has 1 aliphatic rings. The second-order valence-corrected chi connectivity index (χ2v) is 2.84. The lowest BCUT2D eigenvalue weighted by Crippen LogP contribution is -2.18. The van der Waals surface area contributed by atoms with Gasteiger partial charge in [0.15, 0.2) is 0 Å². The van der Waals surface area contributed by atoms with Crippen molar-refractivity contribution in [2.75, 3.05) is 5.73 Å². The molecule has 0 saturated heterocycles. The molecule has 1 aliphatic heterocycles. The van der Waals surface area contributed by atoms with Gasteiger partial charge in [-0.2, -0.15) is 10.3 Å². The molecule has 2 rings (SSSR count). The Bertz CT molecular complexity index is 376. The van der Waals surface area contributed by atoms with Crippen LogP contribution in [-0.2, 0) is 6.54 Å². The molecule has 0 aromatic heterocycles. The monoisotopic (exact) mass is 179 g/mol. The van der Waals surface area contributed by atoms with Crippen LogP contribution in [0.15, 0.2) is 17.2 Å². The summed E-state index contributed by atoms with van der Waals surface area (Å²) in [6.45, 7) is 0.155. The number of rotatable bonds is 0. The maximum Gasteiger partial charge on any atom is 0.121 e. The molecule has 0 amide bonds. The third-order valence-electron chi connectivity index (χ3n) is 1.99. The Morgan fingerprint density at radius 1 is 1.46 bits per heavy atom. The predicted octanol–water partition coefficient (Wildman–Crippen LogP) is 0.513. The van der Waals surface area contributed by atoms with Gasteiger partial charge in [0.05, 0.1) is 12.8 Å². The van der Waals surface area contributed by atoms with Crippen LogP contribution in [0.25, 0.3) is 0 Å². The van der Waals surface area contributed by atoms with Gasteiger partial charge in [-0.05, 0) is 12.1 Å². The Hall–Kier alpha value is -1.75. The molecule has 0 saturated carbocycles. The second kappa shape index (κ2) is 2.63. The molecule has 0 spiro atoms. The highest BCUT2D eigenvalue weighted by Gasteiger charge is 2.15. The average Bonchev–Trinajstić information content (AvgIpc) is 2.12. The van der Waals surface area contributed by atoms with E-state index in [1.165, 1.54) is 12.3 Å². The zero-order chi connectivity index (χ0) is 9.42. The molecule has 4 N–H and O–H groups in total. The topological polar surface area (TPSA) is 82.1 Å². The average molecular weight is 179 g/mol. The number of hydroxylamine groups is 1. The van der Waals surface area contributed by atoms with E-state index in [4.69, 9.17) is 10.9 Å². The third kappa shape index (κ3) is 1.19. The van der Waals surface area contributed by atoms with E-state index in [1.54, 1.807) is 6.07 Å². The molecule has 0 unspecified atom stereocenters. The first-order valence-electron chi connectivity index (χ1n) is 3.79. The molecule has 1 aromatic rings. The zero-order valence-corrected chi connectivity index (χ0v) is 6.81. The minimum Gasteiger partial charge on any atom is -0.508 e. The van der Waals surface area contributed by atoms with Crippen molar-refractivity contribution in [2.45, 2.75) is 6.54 Å². The standard InChI is InChI=1S/C8H9N3O2/c9-7-1-2-8(12)6-4-11(13)10-3-5(6)7/h1-3,12-13H,4,9H2. The SMILES string of the molecule is Nc1ccc(O)c2c1C=NN(O)C2. The zero-order valence-electron chi connectivity index (χ0n) is 6.81. The van der Waals surface area contributed by atoms with Crippen LogP contribution >= 0.6 is 0 Å². The fraction of sp³-hybridized carbons (Fsp3) is 0.125. The smallest absolute Gasteiger partial charge is 0.121 e. The molecule has 5 heteroatoms. The molecule has 1 heterocycles. The largest absolute Gasteiger partial charge is 0.508 e. The molecule has 13 heavy (non-hydrogen) atoms. The van der Waals surface area contributed by atoms with Crippen LogP contribution in [-0.4, -0.2) is 21.7 Å². The van der Waals surface area contributed by atoms with E-state index in [0.29, 0.717) is 16.8 Å². The molecule has 0 bridgehead atoms. The fourth-order valence-corrected chi connectivity index (χ4v) is 1.30. The van der Waals surface area contributed by atoms with Crippen LogP contribution < -0.4 is 5.73 Å².